The molecular formula is C25H22N4O2. The van der Waals surface area contributed by atoms with Crippen LogP contribution in [-0.2, 0) is 13.2 Å². The van der Waals surface area contributed by atoms with E-state index < -0.39 is 0 Å². The molecule has 0 unspecified atom stereocenters. The van der Waals surface area contributed by atoms with Crippen LogP contribution >= 0.6 is 0 Å². The van der Waals surface area contributed by atoms with Gasteiger partial charge < -0.3 is 14.6 Å². The van der Waals surface area contributed by atoms with Gasteiger partial charge in [-0.2, -0.15) is 5.26 Å². The number of imidazole rings is 1. The van der Waals surface area contributed by atoms with Gasteiger partial charge in [-0.3, -0.25) is 4.79 Å². The number of aromatic nitrogens is 2. The van der Waals surface area contributed by atoms with Crippen molar-refractivity contribution in [3.63, 3.8) is 0 Å². The largest absolute Gasteiger partial charge is 0.489 e. The number of benzene rings is 3. The number of hydrogen-bond acceptors (Lipinski definition) is 4. The summed E-state index contributed by atoms with van der Waals surface area (Å²) in [5.74, 6) is 1.34. The van der Waals surface area contributed by atoms with Crippen molar-refractivity contribution in [2.24, 2.45) is 0 Å². The molecule has 1 amide bonds. The lowest BCUT2D eigenvalue weighted by atomic mass is 10.1. The minimum Gasteiger partial charge on any atom is -0.489 e. The maximum absolute atomic E-state index is 12.6. The maximum Gasteiger partial charge on any atom is 0.251 e. The highest BCUT2D eigenvalue weighted by Gasteiger charge is 2.10. The van der Waals surface area contributed by atoms with Gasteiger partial charge in [-0.15, -0.1) is 0 Å². The molecule has 0 aliphatic carbocycles. The highest BCUT2D eigenvalue weighted by molar-refractivity contribution is 5.94. The van der Waals surface area contributed by atoms with Crippen LogP contribution in [0, 0.1) is 18.3 Å². The fourth-order valence-electron chi connectivity index (χ4n) is 3.50. The first-order valence-corrected chi connectivity index (χ1v) is 10.1. The summed E-state index contributed by atoms with van der Waals surface area (Å²) in [6.45, 7) is 3.36. The summed E-state index contributed by atoms with van der Waals surface area (Å²) in [7, 11) is 0. The third kappa shape index (κ3) is 4.57. The van der Waals surface area contributed by atoms with Crippen LogP contribution in [0.4, 0.5) is 0 Å². The van der Waals surface area contributed by atoms with E-state index in [-0.39, 0.29) is 12.5 Å². The van der Waals surface area contributed by atoms with Crippen LogP contribution in [0.3, 0.4) is 0 Å². The van der Waals surface area contributed by atoms with Crippen molar-refractivity contribution in [1.29, 1.82) is 5.26 Å². The molecule has 154 valence electrons. The molecular weight excluding hydrogens is 388 g/mol. The van der Waals surface area contributed by atoms with E-state index in [4.69, 9.17) is 4.74 Å². The van der Waals surface area contributed by atoms with E-state index in [0.717, 1.165) is 22.4 Å². The van der Waals surface area contributed by atoms with E-state index in [1.54, 1.807) is 30.3 Å². The molecule has 6 heteroatoms. The van der Waals surface area contributed by atoms with Crippen LogP contribution < -0.4 is 10.1 Å². The second kappa shape index (κ2) is 9.14. The van der Waals surface area contributed by atoms with Gasteiger partial charge in [-0.25, -0.2) is 4.98 Å². The van der Waals surface area contributed by atoms with Gasteiger partial charge in [0.2, 0.25) is 0 Å². The fourth-order valence-corrected chi connectivity index (χ4v) is 3.50. The zero-order chi connectivity index (χ0) is 21.6. The number of fused-ring (bicyclic) bond motifs is 1. The van der Waals surface area contributed by atoms with Crippen molar-refractivity contribution < 1.29 is 9.53 Å². The summed E-state index contributed by atoms with van der Waals surface area (Å²) < 4.78 is 7.91. The zero-order valence-corrected chi connectivity index (χ0v) is 17.2. The highest BCUT2D eigenvalue weighted by atomic mass is 16.5. The van der Waals surface area contributed by atoms with Gasteiger partial charge in [-0.05, 0) is 43.3 Å². The molecule has 4 aromatic rings. The van der Waals surface area contributed by atoms with E-state index in [0.29, 0.717) is 30.0 Å². The highest BCUT2D eigenvalue weighted by Crippen LogP contribution is 2.17. The molecule has 0 saturated heterocycles. The molecule has 0 saturated carbocycles. The Morgan fingerprint density at radius 3 is 2.77 bits per heavy atom. The Hall–Kier alpha value is -4.11. The van der Waals surface area contributed by atoms with Crippen LogP contribution in [0.25, 0.3) is 11.0 Å². The number of nitrogens with one attached hydrogen (secondary N) is 1. The number of para-hydroxylation sites is 2. The molecule has 0 radical (unpaired) electrons. The van der Waals surface area contributed by atoms with E-state index in [1.165, 1.54) is 0 Å². The van der Waals surface area contributed by atoms with Gasteiger partial charge in [-0.1, -0.05) is 36.4 Å². The molecule has 0 atom stereocenters. The van der Waals surface area contributed by atoms with Gasteiger partial charge in [0.05, 0.1) is 22.7 Å². The molecule has 6 nitrogen and oxygen atoms in total. The third-order valence-corrected chi connectivity index (χ3v) is 5.09. The Balaban J connectivity index is 1.37. The van der Waals surface area contributed by atoms with Crippen LogP contribution in [0.2, 0.25) is 0 Å². The monoisotopic (exact) mass is 410 g/mol. The molecule has 0 bridgehead atoms. The van der Waals surface area contributed by atoms with E-state index in [2.05, 4.69) is 20.9 Å². The maximum atomic E-state index is 12.6. The summed E-state index contributed by atoms with van der Waals surface area (Å²) >= 11 is 0. The normalized spacial score (nSPS) is 10.6. The van der Waals surface area contributed by atoms with Gasteiger partial charge in [0.1, 0.15) is 18.2 Å². The molecule has 1 N–H and O–H groups in total. The van der Waals surface area contributed by atoms with Crippen molar-refractivity contribution in [3.05, 3.63) is 95.3 Å². The Labute approximate surface area is 180 Å². The topological polar surface area (TPSA) is 79.9 Å². The van der Waals surface area contributed by atoms with Crippen molar-refractivity contribution in [3.8, 4) is 11.8 Å². The first kappa shape index (κ1) is 20.2. The van der Waals surface area contributed by atoms with Gasteiger partial charge in [0.25, 0.3) is 5.91 Å². The quantitative estimate of drug-likeness (QED) is 0.495. The Morgan fingerprint density at radius 2 is 1.90 bits per heavy atom. The molecule has 0 fully saturated rings. The minimum absolute atomic E-state index is 0.162. The van der Waals surface area contributed by atoms with Crippen LogP contribution in [0.5, 0.6) is 5.75 Å². The van der Waals surface area contributed by atoms with Gasteiger partial charge >= 0.3 is 0 Å². The van der Waals surface area contributed by atoms with Gasteiger partial charge in [0, 0.05) is 24.2 Å². The summed E-state index contributed by atoms with van der Waals surface area (Å²) in [4.78, 5) is 17.2. The lowest BCUT2D eigenvalue weighted by Crippen LogP contribution is -2.27. The molecule has 0 aliphatic heterocycles. The number of nitriles is 1. The lowest BCUT2D eigenvalue weighted by molar-refractivity contribution is 0.0952. The predicted molar refractivity (Wildman–Crippen MR) is 119 cm³/mol. The molecule has 0 aliphatic rings. The second-order valence-electron chi connectivity index (χ2n) is 7.14. The SMILES string of the molecule is Cc1nc2ccccc2n1CCNC(=O)c1cccc(OCc2ccccc2C#N)c1. The van der Waals surface area contributed by atoms with Crippen molar-refractivity contribution >= 4 is 16.9 Å². The van der Waals surface area contributed by atoms with Crippen LogP contribution in [0.1, 0.15) is 27.3 Å². The Morgan fingerprint density at radius 1 is 1.10 bits per heavy atom. The lowest BCUT2D eigenvalue weighted by Gasteiger charge is -2.11. The minimum atomic E-state index is -0.162. The number of ether oxygens (including phenoxy) is 1. The fraction of sp³-hybridized carbons (Fsp3) is 0.160. The zero-order valence-electron chi connectivity index (χ0n) is 17.2. The molecule has 0 spiro atoms. The van der Waals surface area contributed by atoms with Crippen LogP contribution in [0.15, 0.2) is 72.8 Å². The molecule has 1 aromatic heterocycles. The number of rotatable bonds is 7. The van der Waals surface area contributed by atoms with E-state index in [9.17, 15) is 10.1 Å². The van der Waals surface area contributed by atoms with Crippen molar-refractivity contribution in [2.45, 2.75) is 20.1 Å². The smallest absolute Gasteiger partial charge is 0.251 e. The average Bonchev–Trinajstić information content (AvgIpc) is 3.13. The number of carbonyl (C=O) groups is 1. The summed E-state index contributed by atoms with van der Waals surface area (Å²) in [6, 6.07) is 24.5. The Kier molecular flexibility index (Phi) is 5.95. The summed E-state index contributed by atoms with van der Waals surface area (Å²) in [5, 5.41) is 12.2. The van der Waals surface area contributed by atoms with E-state index in [1.807, 2.05) is 49.4 Å². The predicted octanol–water partition coefficient (Wildman–Crippen LogP) is 4.23. The molecule has 3 aromatic carbocycles. The third-order valence-electron chi connectivity index (χ3n) is 5.09. The number of hydrogen-bond donors (Lipinski definition) is 1. The number of carbonyl (C=O) groups excluding carboxylic acids is 1. The number of amides is 1. The van der Waals surface area contributed by atoms with Crippen LogP contribution in [-0.4, -0.2) is 22.0 Å². The van der Waals surface area contributed by atoms with Crippen molar-refractivity contribution in [1.82, 2.24) is 14.9 Å². The molecule has 4 rings (SSSR count). The Bertz CT molecular complexity index is 1270. The first-order valence-electron chi connectivity index (χ1n) is 10.1. The number of aryl methyl sites for hydroxylation is 1. The number of nitrogens with zero attached hydrogens (tertiary/aromatic N) is 3. The van der Waals surface area contributed by atoms with Crippen molar-refractivity contribution in [2.75, 3.05) is 6.54 Å². The first-order chi connectivity index (χ1) is 15.2. The standard InChI is InChI=1S/C25H22N4O2/c1-18-28-23-11-4-5-12-24(23)29(18)14-13-27-25(30)19-9-6-10-22(15-19)31-17-21-8-3-2-7-20(21)16-26/h2-12,15H,13-14,17H2,1H3,(H,27,30). The second-order valence-corrected chi connectivity index (χ2v) is 7.14. The molecule has 31 heavy (non-hydrogen) atoms. The van der Waals surface area contributed by atoms with Gasteiger partial charge in [0.15, 0.2) is 0 Å². The molecule has 1 heterocycles. The summed E-state index contributed by atoms with van der Waals surface area (Å²) in [6.07, 6.45) is 0. The van der Waals surface area contributed by atoms with E-state index >= 15 is 0 Å². The average molecular weight is 410 g/mol. The summed E-state index contributed by atoms with van der Waals surface area (Å²) in [5.41, 5.74) is 3.93.